The van der Waals surface area contributed by atoms with E-state index in [4.69, 9.17) is 0 Å². The largest absolute Gasteiger partial charge is 0.346 e. The molecule has 0 aliphatic carbocycles. The molecule has 3 heteroatoms. The van der Waals surface area contributed by atoms with Crippen LogP contribution in [-0.2, 0) is 9.59 Å². The highest BCUT2D eigenvalue weighted by molar-refractivity contribution is 5.87. The molecule has 0 spiro atoms. The van der Waals surface area contributed by atoms with Crippen molar-refractivity contribution in [3.05, 3.63) is 0 Å². The Morgan fingerprint density at radius 3 is 2.00 bits per heavy atom. The predicted molar refractivity (Wildman–Crippen MR) is 52.4 cm³/mol. The second-order valence-corrected chi connectivity index (χ2v) is 4.33. The fourth-order valence-electron chi connectivity index (χ4n) is 1.19. The van der Waals surface area contributed by atoms with Crippen LogP contribution in [0.2, 0.25) is 0 Å². The van der Waals surface area contributed by atoms with Gasteiger partial charge in [-0.15, -0.1) is 0 Å². The normalized spacial score (nSPS) is 13.6. The molecule has 0 radical (unpaired) electrons. The Bertz CT molecular complexity index is 203. The van der Waals surface area contributed by atoms with Crippen LogP contribution in [0.1, 0.15) is 41.0 Å². The van der Waals surface area contributed by atoms with Crippen molar-refractivity contribution in [2.24, 2.45) is 5.41 Å². The summed E-state index contributed by atoms with van der Waals surface area (Å²) in [7, 11) is 0. The first-order valence-electron chi connectivity index (χ1n) is 4.58. The third-order valence-electron chi connectivity index (χ3n) is 1.90. The molecule has 0 aliphatic rings. The first-order chi connectivity index (χ1) is 5.79. The average Bonchev–Trinajstić information content (AvgIpc) is 1.96. The van der Waals surface area contributed by atoms with E-state index in [9.17, 15) is 9.59 Å². The van der Waals surface area contributed by atoms with Crippen LogP contribution in [0.15, 0.2) is 0 Å². The molecule has 1 atom stereocenters. The Morgan fingerprint density at radius 1 is 1.31 bits per heavy atom. The lowest BCUT2D eigenvalue weighted by atomic mass is 9.84. The number of nitrogens with one attached hydrogen (secondary N) is 1. The van der Waals surface area contributed by atoms with Crippen molar-refractivity contribution in [2.75, 3.05) is 0 Å². The monoisotopic (exact) mass is 185 g/mol. The van der Waals surface area contributed by atoms with Crippen LogP contribution in [0.25, 0.3) is 0 Å². The molecule has 0 fully saturated rings. The fraction of sp³-hybridized carbons (Fsp3) is 0.800. The summed E-state index contributed by atoms with van der Waals surface area (Å²) in [5, 5.41) is 2.72. The summed E-state index contributed by atoms with van der Waals surface area (Å²) in [5.74, 6) is -0.0653. The molecule has 0 aromatic rings. The summed E-state index contributed by atoms with van der Waals surface area (Å²) in [6.07, 6.45) is 0.417. The highest BCUT2D eigenvalue weighted by Gasteiger charge is 2.29. The second kappa shape index (κ2) is 4.40. The Morgan fingerprint density at radius 2 is 1.77 bits per heavy atom. The molecule has 0 rings (SSSR count). The van der Waals surface area contributed by atoms with Crippen LogP contribution < -0.4 is 5.32 Å². The first kappa shape index (κ1) is 12.1. The Kier molecular flexibility index (Phi) is 4.11. The summed E-state index contributed by atoms with van der Waals surface area (Å²) in [4.78, 5) is 22.3. The van der Waals surface area contributed by atoms with Gasteiger partial charge in [-0.05, 0) is 12.3 Å². The number of rotatable bonds is 3. The molecule has 1 amide bonds. The van der Waals surface area contributed by atoms with E-state index in [1.165, 1.54) is 6.92 Å². The number of carbonyl (C=O) groups is 2. The predicted octanol–water partition coefficient (Wildman–Crippen LogP) is 1.52. The zero-order valence-corrected chi connectivity index (χ0v) is 9.10. The van der Waals surface area contributed by atoms with Crippen molar-refractivity contribution in [2.45, 2.75) is 47.1 Å². The molecule has 0 heterocycles. The summed E-state index contributed by atoms with van der Waals surface area (Å²) < 4.78 is 0. The maximum Gasteiger partial charge on any atom is 0.220 e. The van der Waals surface area contributed by atoms with E-state index in [1.807, 2.05) is 20.8 Å². The minimum atomic E-state index is -0.375. The van der Waals surface area contributed by atoms with E-state index < -0.39 is 0 Å². The molecule has 13 heavy (non-hydrogen) atoms. The van der Waals surface area contributed by atoms with Gasteiger partial charge in [-0.25, -0.2) is 0 Å². The van der Waals surface area contributed by atoms with Crippen molar-refractivity contribution < 1.29 is 9.59 Å². The van der Waals surface area contributed by atoms with E-state index in [1.54, 1.807) is 6.92 Å². The Hall–Kier alpha value is -0.860. The van der Waals surface area contributed by atoms with Crippen molar-refractivity contribution >= 4 is 11.7 Å². The van der Waals surface area contributed by atoms with Crippen LogP contribution in [-0.4, -0.2) is 17.7 Å². The van der Waals surface area contributed by atoms with Gasteiger partial charge >= 0.3 is 0 Å². The molecule has 76 valence electrons. The molecular weight excluding hydrogens is 166 g/mol. The molecule has 0 aromatic carbocycles. The van der Waals surface area contributed by atoms with Gasteiger partial charge in [0.1, 0.15) is 0 Å². The number of carbonyl (C=O) groups excluding carboxylic acids is 2. The molecule has 1 N–H and O–H groups in total. The first-order valence-corrected chi connectivity index (χ1v) is 4.58. The lowest BCUT2D eigenvalue weighted by Gasteiger charge is -2.29. The summed E-state index contributed by atoms with van der Waals surface area (Å²) in [6, 6.07) is -0.375. The van der Waals surface area contributed by atoms with E-state index in [2.05, 4.69) is 5.32 Å². The maximum absolute atomic E-state index is 11.2. The van der Waals surface area contributed by atoms with Gasteiger partial charge in [0.05, 0.1) is 6.04 Å². The van der Waals surface area contributed by atoms with Crippen molar-refractivity contribution in [1.82, 2.24) is 5.32 Å². The van der Waals surface area contributed by atoms with Gasteiger partial charge in [-0.3, -0.25) is 9.59 Å². The molecule has 0 saturated carbocycles. The molecule has 0 aliphatic heterocycles. The quantitative estimate of drug-likeness (QED) is 0.724. The van der Waals surface area contributed by atoms with Crippen molar-refractivity contribution in [1.29, 1.82) is 0 Å². The van der Waals surface area contributed by atoms with Crippen LogP contribution in [0.3, 0.4) is 0 Å². The van der Waals surface area contributed by atoms with E-state index in [0.29, 0.717) is 6.42 Å². The molecular formula is C10H19NO2. The van der Waals surface area contributed by atoms with Crippen molar-refractivity contribution in [3.63, 3.8) is 0 Å². The zero-order chi connectivity index (χ0) is 10.6. The minimum absolute atomic E-state index is 0.00861. The zero-order valence-electron chi connectivity index (χ0n) is 9.10. The smallest absolute Gasteiger partial charge is 0.220 e. The summed E-state index contributed by atoms with van der Waals surface area (Å²) in [6.45, 7) is 9.10. The topological polar surface area (TPSA) is 46.2 Å². The molecule has 3 nitrogen and oxygen atoms in total. The highest BCUT2D eigenvalue weighted by Crippen LogP contribution is 2.19. The lowest BCUT2D eigenvalue weighted by molar-refractivity contribution is -0.129. The number of amides is 1. The Balaban J connectivity index is 4.46. The van der Waals surface area contributed by atoms with E-state index in [0.717, 1.165) is 0 Å². The van der Waals surface area contributed by atoms with Crippen LogP contribution in [0.5, 0.6) is 0 Å². The summed E-state index contributed by atoms with van der Waals surface area (Å²) >= 11 is 0. The van der Waals surface area contributed by atoms with E-state index in [-0.39, 0.29) is 23.1 Å². The van der Waals surface area contributed by atoms with Gasteiger partial charge in [-0.1, -0.05) is 27.7 Å². The highest BCUT2D eigenvalue weighted by atomic mass is 16.2. The maximum atomic E-state index is 11.2. The number of Topliss-reactive ketones (excluding diaryl/α,β-unsaturated/α-hetero) is 1. The van der Waals surface area contributed by atoms with Gasteiger partial charge in [-0.2, -0.15) is 0 Å². The molecule has 0 bridgehead atoms. The number of hydrogen-bond acceptors (Lipinski definition) is 2. The van der Waals surface area contributed by atoms with Gasteiger partial charge in [0.25, 0.3) is 0 Å². The minimum Gasteiger partial charge on any atom is -0.346 e. The fourth-order valence-corrected chi connectivity index (χ4v) is 1.19. The molecule has 0 aromatic heterocycles. The van der Waals surface area contributed by atoms with Crippen LogP contribution >= 0.6 is 0 Å². The Labute approximate surface area is 79.9 Å². The van der Waals surface area contributed by atoms with Gasteiger partial charge < -0.3 is 5.32 Å². The standard InChI is InChI=1S/C10H19NO2/c1-6-8(13)11-9(7(2)12)10(3,4)5/h9H,6H2,1-5H3,(H,11,13). The van der Waals surface area contributed by atoms with Crippen molar-refractivity contribution in [3.8, 4) is 0 Å². The lowest BCUT2D eigenvalue weighted by Crippen LogP contribution is -2.48. The third-order valence-corrected chi connectivity index (χ3v) is 1.90. The van der Waals surface area contributed by atoms with Crippen LogP contribution in [0, 0.1) is 5.41 Å². The van der Waals surface area contributed by atoms with Crippen LogP contribution in [0.4, 0.5) is 0 Å². The second-order valence-electron chi connectivity index (χ2n) is 4.33. The average molecular weight is 185 g/mol. The number of hydrogen-bond donors (Lipinski definition) is 1. The van der Waals surface area contributed by atoms with Gasteiger partial charge in [0.2, 0.25) is 5.91 Å². The molecule has 1 unspecified atom stereocenters. The number of ketones is 1. The van der Waals surface area contributed by atoms with Gasteiger partial charge in [0.15, 0.2) is 5.78 Å². The SMILES string of the molecule is CCC(=O)NC(C(C)=O)C(C)(C)C. The van der Waals surface area contributed by atoms with E-state index >= 15 is 0 Å². The summed E-state index contributed by atoms with van der Waals surface area (Å²) in [5.41, 5.74) is -0.212. The molecule has 0 saturated heterocycles. The third kappa shape index (κ3) is 4.06. The van der Waals surface area contributed by atoms with Gasteiger partial charge in [0, 0.05) is 6.42 Å².